The van der Waals surface area contributed by atoms with Gasteiger partial charge in [-0.3, -0.25) is 9.59 Å². The minimum Gasteiger partial charge on any atom is -0.375 e. The molecule has 0 radical (unpaired) electrons. The molecule has 1 saturated heterocycles. The molecule has 1 unspecified atom stereocenters. The van der Waals surface area contributed by atoms with E-state index in [1.54, 1.807) is 23.1 Å². The maximum atomic E-state index is 13.9. The van der Waals surface area contributed by atoms with E-state index in [1.807, 2.05) is 6.92 Å². The summed E-state index contributed by atoms with van der Waals surface area (Å²) in [6.07, 6.45) is -3.48. The fraction of sp³-hybridized carbons (Fsp3) is 0.393. The van der Waals surface area contributed by atoms with Gasteiger partial charge in [-0.05, 0) is 62.1 Å². The Morgan fingerprint density at radius 2 is 1.95 bits per heavy atom. The van der Waals surface area contributed by atoms with Gasteiger partial charge in [-0.2, -0.15) is 23.0 Å². The Bertz CT molecular complexity index is 1500. The van der Waals surface area contributed by atoms with E-state index in [1.165, 1.54) is 12.1 Å². The van der Waals surface area contributed by atoms with Crippen LogP contribution in [-0.4, -0.2) is 68.8 Å². The van der Waals surface area contributed by atoms with Gasteiger partial charge in [0.25, 0.3) is 11.8 Å². The second-order valence-corrected chi connectivity index (χ2v) is 10.5. The third kappa shape index (κ3) is 5.38. The lowest BCUT2D eigenvalue weighted by Gasteiger charge is -2.31. The molecule has 2 heterocycles. The van der Waals surface area contributed by atoms with Crippen molar-refractivity contribution in [3.8, 4) is 0 Å². The maximum absolute atomic E-state index is 13.9. The van der Waals surface area contributed by atoms with Gasteiger partial charge in [0.1, 0.15) is 0 Å². The normalized spacial score (nSPS) is 20.2. The fourth-order valence-corrected chi connectivity index (χ4v) is 5.50. The van der Waals surface area contributed by atoms with E-state index >= 15 is 0 Å². The molecule has 3 aromatic rings. The first kappa shape index (κ1) is 28.3. The van der Waals surface area contributed by atoms with Crippen molar-refractivity contribution in [2.45, 2.75) is 44.8 Å². The number of aromatic nitrogens is 2. The SMILES string of the molecule is C[C@H]1CN(C(=O)c2ccc3c(C4=CCC(C(O)O)CC4)nn(C(=O)c4c(Cl)cccc4C(F)(F)F)c3c2)CCO1. The number of carbonyl (C=O) groups excluding carboxylic acids is 2. The summed E-state index contributed by atoms with van der Waals surface area (Å²) in [5, 5.41) is 23.6. The third-order valence-corrected chi connectivity index (χ3v) is 7.67. The number of aliphatic hydroxyl groups excluding tert-OH is 1. The maximum Gasteiger partial charge on any atom is 0.417 e. The number of benzene rings is 2. The van der Waals surface area contributed by atoms with Gasteiger partial charge >= 0.3 is 6.18 Å². The van der Waals surface area contributed by atoms with Gasteiger partial charge in [0, 0.05) is 30.0 Å². The molecule has 0 bridgehead atoms. The van der Waals surface area contributed by atoms with Crippen LogP contribution in [-0.2, 0) is 10.9 Å². The monoisotopic (exact) mass is 577 g/mol. The minimum atomic E-state index is -4.85. The zero-order valence-electron chi connectivity index (χ0n) is 21.5. The van der Waals surface area contributed by atoms with Gasteiger partial charge in [-0.1, -0.05) is 23.7 Å². The Kier molecular flexibility index (Phi) is 7.75. The Labute approximate surface area is 232 Å². The number of hydrogen-bond donors (Lipinski definition) is 2. The van der Waals surface area contributed by atoms with Crippen LogP contribution in [0.1, 0.15) is 58.2 Å². The van der Waals surface area contributed by atoms with Crippen LogP contribution >= 0.6 is 11.6 Å². The number of amides is 1. The van der Waals surface area contributed by atoms with E-state index < -0.39 is 29.5 Å². The fourth-order valence-electron chi connectivity index (χ4n) is 5.25. The lowest BCUT2D eigenvalue weighted by atomic mass is 9.87. The number of alkyl halides is 3. The summed E-state index contributed by atoms with van der Waals surface area (Å²) in [6.45, 7) is 2.98. The first-order valence-corrected chi connectivity index (χ1v) is 13.2. The molecule has 2 aromatic carbocycles. The average molecular weight is 578 g/mol. The van der Waals surface area contributed by atoms with Crippen molar-refractivity contribution in [1.82, 2.24) is 14.7 Å². The lowest BCUT2D eigenvalue weighted by molar-refractivity contribution is -0.137. The molecule has 212 valence electrons. The number of hydrogen-bond acceptors (Lipinski definition) is 6. The van der Waals surface area contributed by atoms with Crippen molar-refractivity contribution in [2.75, 3.05) is 19.7 Å². The highest BCUT2D eigenvalue weighted by Gasteiger charge is 2.37. The second kappa shape index (κ2) is 11.0. The van der Waals surface area contributed by atoms with Crippen LogP contribution in [0.25, 0.3) is 16.5 Å². The first-order chi connectivity index (χ1) is 19.0. The number of fused-ring (bicyclic) bond motifs is 1. The molecule has 5 rings (SSSR count). The molecular weight excluding hydrogens is 551 g/mol. The van der Waals surface area contributed by atoms with Crippen molar-refractivity contribution in [3.05, 3.63) is 69.9 Å². The molecule has 1 aromatic heterocycles. The summed E-state index contributed by atoms with van der Waals surface area (Å²) in [6, 6.07) is 7.79. The summed E-state index contributed by atoms with van der Waals surface area (Å²) < 4.78 is 48.0. The van der Waals surface area contributed by atoms with Crippen molar-refractivity contribution in [3.63, 3.8) is 0 Å². The molecule has 8 nitrogen and oxygen atoms in total. The quantitative estimate of drug-likeness (QED) is 0.434. The van der Waals surface area contributed by atoms with E-state index in [2.05, 4.69) is 5.10 Å². The molecule has 2 aliphatic rings. The van der Waals surface area contributed by atoms with Gasteiger partial charge in [-0.25, -0.2) is 0 Å². The molecule has 1 amide bonds. The number of halogens is 4. The van der Waals surface area contributed by atoms with Crippen LogP contribution in [0.2, 0.25) is 5.02 Å². The molecule has 0 spiro atoms. The highest BCUT2D eigenvalue weighted by atomic mass is 35.5. The standard InChI is InChI=1S/C28H27ClF3N3O5/c1-15-14-34(11-12-40-15)25(36)18-9-10-19-22(13-18)35(33-24(19)16-5-7-17(8-6-16)27(38)39)26(37)23-20(28(30,31)32)3-2-4-21(23)29/h2-5,9-10,13,15,17,27,38-39H,6-8,11-12,14H2,1H3/t15-,17?/m0/s1. The number of aliphatic hydroxyl groups is 2. The Hall–Kier alpha value is -3.25. The summed E-state index contributed by atoms with van der Waals surface area (Å²) >= 11 is 6.14. The zero-order chi connectivity index (χ0) is 28.8. The van der Waals surface area contributed by atoms with Gasteiger partial charge in [-0.15, -0.1) is 0 Å². The van der Waals surface area contributed by atoms with Crippen molar-refractivity contribution < 1.29 is 37.7 Å². The first-order valence-electron chi connectivity index (χ1n) is 12.8. The molecule has 2 atom stereocenters. The summed E-state index contributed by atoms with van der Waals surface area (Å²) in [7, 11) is 0. The van der Waals surface area contributed by atoms with Gasteiger partial charge in [0.05, 0.1) is 40.1 Å². The zero-order valence-corrected chi connectivity index (χ0v) is 22.2. The molecule has 2 N–H and O–H groups in total. The largest absolute Gasteiger partial charge is 0.417 e. The highest BCUT2D eigenvalue weighted by Crippen LogP contribution is 2.38. The van der Waals surface area contributed by atoms with Crippen LogP contribution in [0.3, 0.4) is 0 Å². The molecule has 0 saturated carbocycles. The topological polar surface area (TPSA) is 105 Å². The predicted molar refractivity (Wildman–Crippen MR) is 141 cm³/mol. The number of nitrogens with zero attached hydrogens (tertiary/aromatic N) is 3. The second-order valence-electron chi connectivity index (χ2n) is 10.1. The number of carbonyl (C=O) groups is 2. The van der Waals surface area contributed by atoms with Crippen LogP contribution in [0, 0.1) is 5.92 Å². The Morgan fingerprint density at radius 1 is 1.18 bits per heavy atom. The molecule has 1 aliphatic heterocycles. The van der Waals surface area contributed by atoms with Crippen LogP contribution in [0.15, 0.2) is 42.5 Å². The Balaban J connectivity index is 1.65. The summed E-state index contributed by atoms with van der Waals surface area (Å²) in [5.41, 5.74) is -0.448. The Morgan fingerprint density at radius 3 is 2.60 bits per heavy atom. The van der Waals surface area contributed by atoms with E-state index in [4.69, 9.17) is 16.3 Å². The lowest BCUT2D eigenvalue weighted by Crippen LogP contribution is -2.44. The molecule has 1 aliphatic carbocycles. The van der Waals surface area contributed by atoms with E-state index in [0.717, 1.165) is 16.8 Å². The molecular formula is C28H27ClF3N3O5. The van der Waals surface area contributed by atoms with E-state index in [9.17, 15) is 33.0 Å². The van der Waals surface area contributed by atoms with E-state index in [0.29, 0.717) is 55.6 Å². The van der Waals surface area contributed by atoms with Crippen molar-refractivity contribution in [2.24, 2.45) is 5.92 Å². The molecule has 1 fully saturated rings. The third-order valence-electron chi connectivity index (χ3n) is 7.36. The highest BCUT2D eigenvalue weighted by molar-refractivity contribution is 6.34. The van der Waals surface area contributed by atoms with Gasteiger partial charge in [0.2, 0.25) is 0 Å². The van der Waals surface area contributed by atoms with Crippen LogP contribution in [0.5, 0.6) is 0 Å². The molecule has 12 heteroatoms. The number of ether oxygens (including phenoxy) is 1. The van der Waals surface area contributed by atoms with Crippen LogP contribution < -0.4 is 0 Å². The summed E-state index contributed by atoms with van der Waals surface area (Å²) in [4.78, 5) is 28.7. The minimum absolute atomic E-state index is 0.152. The summed E-state index contributed by atoms with van der Waals surface area (Å²) in [5.74, 6) is -1.75. The predicted octanol–water partition coefficient (Wildman–Crippen LogP) is 4.75. The molecule has 40 heavy (non-hydrogen) atoms. The van der Waals surface area contributed by atoms with Gasteiger partial charge < -0.3 is 19.8 Å². The van der Waals surface area contributed by atoms with Crippen LogP contribution in [0.4, 0.5) is 13.2 Å². The number of rotatable bonds is 4. The smallest absolute Gasteiger partial charge is 0.375 e. The average Bonchev–Trinajstić information content (AvgIpc) is 3.30. The number of morpholine rings is 1. The number of allylic oxidation sites excluding steroid dienone is 2. The van der Waals surface area contributed by atoms with Crippen molar-refractivity contribution >= 4 is 39.9 Å². The van der Waals surface area contributed by atoms with E-state index in [-0.39, 0.29) is 34.0 Å². The van der Waals surface area contributed by atoms with Crippen molar-refractivity contribution in [1.29, 1.82) is 0 Å². The van der Waals surface area contributed by atoms with Gasteiger partial charge in [0.15, 0.2) is 6.29 Å².